The largest absolute Gasteiger partial charge is 0.295 e. The third kappa shape index (κ3) is 2.86. The lowest BCUT2D eigenvalue weighted by atomic mass is 10.0. The Kier molecular flexibility index (Phi) is 3.44. The standard InChI is InChI=1S/C12H14O/c1-3-11-6-4-5-7-12(11)9-8-10(2)13/h4-9H,3H2,1-2H3. The summed E-state index contributed by atoms with van der Waals surface area (Å²) in [5.74, 6) is 0.0888. The number of carbonyl (C=O) groups excluding carboxylic acids is 1. The van der Waals surface area contributed by atoms with E-state index in [0.717, 1.165) is 12.0 Å². The van der Waals surface area contributed by atoms with Crippen LogP contribution >= 0.6 is 0 Å². The number of ketones is 1. The zero-order chi connectivity index (χ0) is 9.68. The highest BCUT2D eigenvalue weighted by atomic mass is 16.1. The van der Waals surface area contributed by atoms with Gasteiger partial charge < -0.3 is 0 Å². The molecular weight excluding hydrogens is 160 g/mol. The molecule has 0 saturated heterocycles. The highest BCUT2D eigenvalue weighted by Crippen LogP contribution is 2.10. The van der Waals surface area contributed by atoms with Gasteiger partial charge in [-0.05, 0) is 30.5 Å². The van der Waals surface area contributed by atoms with Gasteiger partial charge in [0.1, 0.15) is 0 Å². The molecule has 0 fully saturated rings. The molecule has 13 heavy (non-hydrogen) atoms. The summed E-state index contributed by atoms with van der Waals surface area (Å²) in [4.78, 5) is 10.7. The van der Waals surface area contributed by atoms with Gasteiger partial charge in [0.05, 0.1) is 0 Å². The monoisotopic (exact) mass is 174 g/mol. The predicted octanol–water partition coefficient (Wildman–Crippen LogP) is 2.85. The van der Waals surface area contributed by atoms with E-state index in [0.29, 0.717) is 0 Å². The molecule has 1 rings (SSSR count). The van der Waals surface area contributed by atoms with Crippen LogP contribution in [-0.2, 0) is 11.2 Å². The number of rotatable bonds is 3. The maximum atomic E-state index is 10.7. The van der Waals surface area contributed by atoms with Crippen molar-refractivity contribution in [3.8, 4) is 0 Å². The van der Waals surface area contributed by atoms with E-state index in [1.54, 1.807) is 13.0 Å². The van der Waals surface area contributed by atoms with E-state index in [1.165, 1.54) is 5.56 Å². The number of benzene rings is 1. The minimum absolute atomic E-state index is 0.0888. The topological polar surface area (TPSA) is 17.1 Å². The zero-order valence-corrected chi connectivity index (χ0v) is 8.08. The van der Waals surface area contributed by atoms with Crippen molar-refractivity contribution in [2.75, 3.05) is 0 Å². The Bertz CT molecular complexity index is 324. The van der Waals surface area contributed by atoms with Crippen molar-refractivity contribution in [3.05, 3.63) is 41.5 Å². The minimum atomic E-state index is 0.0888. The first kappa shape index (κ1) is 9.72. The van der Waals surface area contributed by atoms with Gasteiger partial charge in [-0.2, -0.15) is 0 Å². The summed E-state index contributed by atoms with van der Waals surface area (Å²) in [6, 6.07) is 8.11. The molecule has 0 aromatic heterocycles. The molecule has 0 saturated carbocycles. The fourth-order valence-electron chi connectivity index (χ4n) is 1.23. The first-order valence-electron chi connectivity index (χ1n) is 4.50. The van der Waals surface area contributed by atoms with Gasteiger partial charge in [-0.15, -0.1) is 0 Å². The SMILES string of the molecule is CCc1ccccc1C=CC(C)=O. The lowest BCUT2D eigenvalue weighted by molar-refractivity contribution is -0.112. The summed E-state index contributed by atoms with van der Waals surface area (Å²) in [5.41, 5.74) is 2.42. The molecule has 1 nitrogen and oxygen atoms in total. The van der Waals surface area contributed by atoms with Crippen LogP contribution in [0.15, 0.2) is 30.3 Å². The Balaban J connectivity index is 2.93. The van der Waals surface area contributed by atoms with Crippen molar-refractivity contribution >= 4 is 11.9 Å². The molecule has 0 aliphatic heterocycles. The molecule has 0 N–H and O–H groups in total. The van der Waals surface area contributed by atoms with E-state index >= 15 is 0 Å². The molecule has 0 amide bonds. The molecule has 0 bridgehead atoms. The molecule has 1 heteroatoms. The third-order valence-corrected chi connectivity index (χ3v) is 1.93. The molecule has 0 aliphatic rings. The van der Waals surface area contributed by atoms with Crippen LogP contribution < -0.4 is 0 Å². The van der Waals surface area contributed by atoms with Crippen LogP contribution in [0.5, 0.6) is 0 Å². The summed E-state index contributed by atoms with van der Waals surface area (Å²) in [6.07, 6.45) is 4.48. The van der Waals surface area contributed by atoms with Crippen LogP contribution in [0.25, 0.3) is 6.08 Å². The van der Waals surface area contributed by atoms with Gasteiger partial charge in [0, 0.05) is 0 Å². The van der Waals surface area contributed by atoms with Crippen molar-refractivity contribution in [2.24, 2.45) is 0 Å². The van der Waals surface area contributed by atoms with Crippen molar-refractivity contribution < 1.29 is 4.79 Å². The van der Waals surface area contributed by atoms with Crippen LogP contribution in [0.3, 0.4) is 0 Å². The minimum Gasteiger partial charge on any atom is -0.295 e. The molecule has 68 valence electrons. The molecule has 0 heterocycles. The van der Waals surface area contributed by atoms with Gasteiger partial charge in [0.25, 0.3) is 0 Å². The highest BCUT2D eigenvalue weighted by molar-refractivity contribution is 5.91. The molecule has 1 aromatic rings. The van der Waals surface area contributed by atoms with E-state index in [9.17, 15) is 4.79 Å². The number of hydrogen-bond acceptors (Lipinski definition) is 1. The van der Waals surface area contributed by atoms with E-state index in [2.05, 4.69) is 13.0 Å². The Morgan fingerprint density at radius 3 is 2.69 bits per heavy atom. The lowest BCUT2D eigenvalue weighted by Crippen LogP contribution is -1.86. The van der Waals surface area contributed by atoms with Crippen molar-refractivity contribution in [3.63, 3.8) is 0 Å². The molecular formula is C12H14O. The highest BCUT2D eigenvalue weighted by Gasteiger charge is 1.94. The van der Waals surface area contributed by atoms with Crippen molar-refractivity contribution in [1.29, 1.82) is 0 Å². The number of hydrogen-bond donors (Lipinski definition) is 0. The van der Waals surface area contributed by atoms with Crippen LogP contribution in [0.1, 0.15) is 25.0 Å². The van der Waals surface area contributed by atoms with Gasteiger partial charge in [0.2, 0.25) is 0 Å². The average molecular weight is 174 g/mol. The van der Waals surface area contributed by atoms with Crippen molar-refractivity contribution in [1.82, 2.24) is 0 Å². The van der Waals surface area contributed by atoms with Gasteiger partial charge in [-0.1, -0.05) is 37.3 Å². The fourth-order valence-corrected chi connectivity index (χ4v) is 1.23. The normalized spacial score (nSPS) is 10.6. The Morgan fingerprint density at radius 1 is 1.38 bits per heavy atom. The lowest BCUT2D eigenvalue weighted by Gasteiger charge is -2.00. The summed E-state index contributed by atoms with van der Waals surface area (Å²) < 4.78 is 0. The molecule has 0 spiro atoms. The van der Waals surface area contributed by atoms with Crippen LogP contribution in [-0.4, -0.2) is 5.78 Å². The van der Waals surface area contributed by atoms with Gasteiger partial charge >= 0.3 is 0 Å². The number of aryl methyl sites for hydroxylation is 1. The zero-order valence-electron chi connectivity index (χ0n) is 8.08. The Hall–Kier alpha value is -1.37. The first-order chi connectivity index (χ1) is 6.24. The summed E-state index contributed by atoms with van der Waals surface area (Å²) in [6.45, 7) is 3.67. The third-order valence-electron chi connectivity index (χ3n) is 1.93. The van der Waals surface area contributed by atoms with Crippen LogP contribution in [0.4, 0.5) is 0 Å². The molecule has 0 aliphatic carbocycles. The predicted molar refractivity (Wildman–Crippen MR) is 55.5 cm³/mol. The molecule has 0 unspecified atom stereocenters. The van der Waals surface area contributed by atoms with Crippen LogP contribution in [0.2, 0.25) is 0 Å². The quantitative estimate of drug-likeness (QED) is 0.644. The van der Waals surface area contributed by atoms with E-state index < -0.39 is 0 Å². The summed E-state index contributed by atoms with van der Waals surface area (Å²) in [7, 11) is 0. The molecule has 0 atom stereocenters. The Labute approximate surface area is 79.1 Å². The average Bonchev–Trinajstić information content (AvgIpc) is 2.15. The molecule has 0 radical (unpaired) electrons. The second kappa shape index (κ2) is 4.61. The fraction of sp³-hybridized carbons (Fsp3) is 0.250. The first-order valence-corrected chi connectivity index (χ1v) is 4.50. The molecule has 1 aromatic carbocycles. The van der Waals surface area contributed by atoms with Crippen molar-refractivity contribution in [2.45, 2.75) is 20.3 Å². The number of allylic oxidation sites excluding steroid dienone is 1. The maximum Gasteiger partial charge on any atom is 0.152 e. The summed E-state index contributed by atoms with van der Waals surface area (Å²) >= 11 is 0. The summed E-state index contributed by atoms with van der Waals surface area (Å²) in [5, 5.41) is 0. The second-order valence-electron chi connectivity index (χ2n) is 3.00. The smallest absolute Gasteiger partial charge is 0.152 e. The number of carbonyl (C=O) groups is 1. The van der Waals surface area contributed by atoms with E-state index in [-0.39, 0.29) is 5.78 Å². The van der Waals surface area contributed by atoms with Gasteiger partial charge in [-0.25, -0.2) is 0 Å². The van der Waals surface area contributed by atoms with E-state index in [1.807, 2.05) is 24.3 Å². The van der Waals surface area contributed by atoms with Gasteiger partial charge in [0.15, 0.2) is 5.78 Å². The van der Waals surface area contributed by atoms with E-state index in [4.69, 9.17) is 0 Å². The maximum absolute atomic E-state index is 10.7. The second-order valence-corrected chi connectivity index (χ2v) is 3.00. The Morgan fingerprint density at radius 2 is 2.08 bits per heavy atom. The van der Waals surface area contributed by atoms with Crippen LogP contribution in [0, 0.1) is 0 Å². The van der Waals surface area contributed by atoms with Gasteiger partial charge in [-0.3, -0.25) is 4.79 Å².